The summed E-state index contributed by atoms with van der Waals surface area (Å²) in [7, 11) is 0. The quantitative estimate of drug-likeness (QED) is 0.800. The van der Waals surface area contributed by atoms with Crippen LogP contribution in [0.25, 0.3) is 0 Å². The molecule has 1 nitrogen and oxygen atoms in total. The van der Waals surface area contributed by atoms with Crippen LogP contribution in [0.5, 0.6) is 0 Å². The number of aryl methyl sites for hydroxylation is 2. The van der Waals surface area contributed by atoms with Gasteiger partial charge < -0.3 is 4.98 Å². The number of aromatic amines is 1. The van der Waals surface area contributed by atoms with Crippen LogP contribution in [0.3, 0.4) is 0 Å². The molecule has 2 heteroatoms. The van der Waals surface area contributed by atoms with E-state index in [-0.39, 0.29) is 19.5 Å². The first kappa shape index (κ1) is 14.4. The number of nitrogens with one attached hydrogen (secondary N) is 1. The first-order valence-corrected chi connectivity index (χ1v) is 5.35. The van der Waals surface area contributed by atoms with Gasteiger partial charge in [-0.2, -0.15) is 0 Å². The van der Waals surface area contributed by atoms with Crippen LogP contribution < -0.4 is 0 Å². The van der Waals surface area contributed by atoms with E-state index in [0.29, 0.717) is 0 Å². The molecule has 1 aliphatic rings. The van der Waals surface area contributed by atoms with Crippen LogP contribution >= 0.6 is 0 Å². The maximum atomic E-state index is 3.21. The molecule has 0 spiro atoms. The van der Waals surface area contributed by atoms with E-state index >= 15 is 0 Å². The van der Waals surface area contributed by atoms with Gasteiger partial charge in [-0.3, -0.25) is 0 Å². The number of rotatable bonds is 2. The van der Waals surface area contributed by atoms with E-state index in [1.54, 1.807) is 0 Å². The summed E-state index contributed by atoms with van der Waals surface area (Å²) in [5.41, 5.74) is 2.84. The molecule has 1 N–H and O–H groups in total. The van der Waals surface area contributed by atoms with Gasteiger partial charge in [-0.15, -0.1) is 0 Å². The Hall–Kier alpha value is -0.617. The molecule has 0 radical (unpaired) electrons. The second-order valence-electron chi connectivity index (χ2n) is 3.28. The SMILES string of the molecule is C1=CCC=C1.CCc1cc[nH]c1CC.[Ru]. The summed E-state index contributed by atoms with van der Waals surface area (Å²) in [5.74, 6) is 0. The molecular weight excluding hydrogens is 271 g/mol. The van der Waals surface area contributed by atoms with Crippen LogP contribution in [-0.4, -0.2) is 4.98 Å². The Kier molecular flexibility index (Phi) is 8.32. The fraction of sp³-hybridized carbons (Fsp3) is 0.385. The summed E-state index contributed by atoms with van der Waals surface area (Å²) in [6, 6.07) is 2.15. The van der Waals surface area contributed by atoms with E-state index in [0.717, 1.165) is 19.3 Å². The average molecular weight is 290 g/mol. The fourth-order valence-electron chi connectivity index (χ4n) is 1.49. The van der Waals surface area contributed by atoms with Gasteiger partial charge in [-0.25, -0.2) is 0 Å². The van der Waals surface area contributed by atoms with Crippen molar-refractivity contribution >= 4 is 0 Å². The summed E-state index contributed by atoms with van der Waals surface area (Å²) in [6.45, 7) is 4.35. The van der Waals surface area contributed by atoms with Crippen molar-refractivity contribution in [2.45, 2.75) is 33.1 Å². The van der Waals surface area contributed by atoms with E-state index in [1.807, 2.05) is 6.20 Å². The Labute approximate surface area is 105 Å². The van der Waals surface area contributed by atoms with E-state index < -0.39 is 0 Å². The zero-order valence-corrected chi connectivity index (χ0v) is 11.2. The summed E-state index contributed by atoms with van der Waals surface area (Å²) in [4.78, 5) is 3.21. The van der Waals surface area contributed by atoms with Crippen LogP contribution in [0.1, 0.15) is 31.5 Å². The maximum absolute atomic E-state index is 3.21. The third-order valence-corrected chi connectivity index (χ3v) is 2.32. The van der Waals surface area contributed by atoms with Crippen LogP contribution in [0.2, 0.25) is 0 Å². The maximum Gasteiger partial charge on any atom is 0.0176 e. The molecule has 15 heavy (non-hydrogen) atoms. The van der Waals surface area contributed by atoms with Crippen molar-refractivity contribution in [2.24, 2.45) is 0 Å². The molecule has 0 bridgehead atoms. The molecule has 0 aromatic carbocycles. The van der Waals surface area contributed by atoms with Crippen LogP contribution in [0.15, 0.2) is 36.6 Å². The third-order valence-electron chi connectivity index (χ3n) is 2.32. The van der Waals surface area contributed by atoms with Gasteiger partial charge in [-0.05, 0) is 30.9 Å². The van der Waals surface area contributed by atoms with Gasteiger partial charge in [0.15, 0.2) is 0 Å². The number of aromatic nitrogens is 1. The second-order valence-corrected chi connectivity index (χ2v) is 3.28. The molecule has 84 valence electrons. The van der Waals surface area contributed by atoms with E-state index in [2.05, 4.69) is 49.2 Å². The predicted molar refractivity (Wildman–Crippen MR) is 62.4 cm³/mol. The average Bonchev–Trinajstić information content (AvgIpc) is 2.91. The summed E-state index contributed by atoms with van der Waals surface area (Å²) in [6.07, 6.45) is 13.8. The van der Waals surface area contributed by atoms with Crippen LogP contribution in [0.4, 0.5) is 0 Å². The van der Waals surface area contributed by atoms with Crippen molar-refractivity contribution in [3.8, 4) is 0 Å². The zero-order chi connectivity index (χ0) is 10.2. The van der Waals surface area contributed by atoms with Gasteiger partial charge in [0, 0.05) is 31.4 Å². The monoisotopic (exact) mass is 291 g/mol. The molecule has 1 aliphatic carbocycles. The smallest absolute Gasteiger partial charge is 0.0176 e. The molecular formula is C13H19NRu. The zero-order valence-electron chi connectivity index (χ0n) is 9.44. The van der Waals surface area contributed by atoms with Gasteiger partial charge in [0.25, 0.3) is 0 Å². The predicted octanol–water partition coefficient (Wildman–Crippen LogP) is 3.64. The Morgan fingerprint density at radius 3 is 2.13 bits per heavy atom. The summed E-state index contributed by atoms with van der Waals surface area (Å²) in [5, 5.41) is 0. The molecule has 0 fully saturated rings. The normalized spacial score (nSPS) is 11.9. The Morgan fingerprint density at radius 2 is 1.80 bits per heavy atom. The van der Waals surface area contributed by atoms with Crippen LogP contribution in [0, 0.1) is 0 Å². The van der Waals surface area contributed by atoms with Crippen molar-refractivity contribution in [2.75, 3.05) is 0 Å². The van der Waals surface area contributed by atoms with E-state index in [4.69, 9.17) is 0 Å². The van der Waals surface area contributed by atoms with E-state index in [1.165, 1.54) is 11.3 Å². The molecule has 1 heterocycles. The largest absolute Gasteiger partial charge is 0.365 e. The number of H-pyrrole nitrogens is 1. The molecule has 0 amide bonds. The molecule has 0 atom stereocenters. The van der Waals surface area contributed by atoms with Gasteiger partial charge in [0.2, 0.25) is 0 Å². The number of allylic oxidation sites excluding steroid dienone is 4. The molecule has 0 aliphatic heterocycles. The summed E-state index contributed by atoms with van der Waals surface area (Å²) < 4.78 is 0. The van der Waals surface area contributed by atoms with Crippen molar-refractivity contribution < 1.29 is 19.5 Å². The molecule has 0 saturated carbocycles. The minimum Gasteiger partial charge on any atom is -0.365 e. The molecule has 1 aromatic rings. The van der Waals surface area contributed by atoms with Gasteiger partial charge in [0.1, 0.15) is 0 Å². The Bertz CT molecular complexity index is 282. The topological polar surface area (TPSA) is 15.8 Å². The Balaban J connectivity index is 0.000000280. The first-order valence-electron chi connectivity index (χ1n) is 5.35. The fourth-order valence-corrected chi connectivity index (χ4v) is 1.49. The number of hydrogen-bond acceptors (Lipinski definition) is 0. The van der Waals surface area contributed by atoms with Crippen molar-refractivity contribution in [1.29, 1.82) is 0 Å². The standard InChI is InChI=1S/C8H13N.C5H6.Ru/c1-3-7-5-6-9-8(7)4-2;1-2-4-5-3-1;/h5-6,9H,3-4H2,1-2H3;1-4H,5H2;. The Morgan fingerprint density at radius 1 is 1.13 bits per heavy atom. The number of hydrogen-bond donors (Lipinski definition) is 1. The van der Waals surface area contributed by atoms with E-state index in [9.17, 15) is 0 Å². The van der Waals surface area contributed by atoms with Crippen molar-refractivity contribution in [3.63, 3.8) is 0 Å². The van der Waals surface area contributed by atoms with Gasteiger partial charge >= 0.3 is 0 Å². The van der Waals surface area contributed by atoms with Crippen molar-refractivity contribution in [3.05, 3.63) is 47.8 Å². The minimum atomic E-state index is 0. The van der Waals surface area contributed by atoms with Gasteiger partial charge in [0.05, 0.1) is 0 Å². The van der Waals surface area contributed by atoms with Gasteiger partial charge in [-0.1, -0.05) is 38.2 Å². The first-order chi connectivity index (χ1) is 6.88. The molecule has 1 aromatic heterocycles. The minimum absolute atomic E-state index is 0. The van der Waals surface area contributed by atoms with Crippen molar-refractivity contribution in [1.82, 2.24) is 4.98 Å². The summed E-state index contributed by atoms with van der Waals surface area (Å²) >= 11 is 0. The molecule has 2 rings (SSSR count). The molecule has 0 saturated heterocycles. The van der Waals surface area contributed by atoms with Crippen LogP contribution in [-0.2, 0) is 32.3 Å². The second kappa shape index (κ2) is 8.67. The third kappa shape index (κ3) is 5.13. The molecule has 0 unspecified atom stereocenters.